The molecule has 0 spiro atoms. The number of aromatic nitrogens is 3. The van der Waals surface area contributed by atoms with Crippen molar-refractivity contribution >= 4 is 0 Å². The van der Waals surface area contributed by atoms with E-state index in [0.29, 0.717) is 0 Å². The third-order valence-electron chi connectivity index (χ3n) is 2.73. The van der Waals surface area contributed by atoms with Gasteiger partial charge >= 0.3 is 0 Å². The first-order valence-corrected chi connectivity index (χ1v) is 6.41. The van der Waals surface area contributed by atoms with Crippen molar-refractivity contribution < 1.29 is 0 Å². The van der Waals surface area contributed by atoms with Gasteiger partial charge in [0.25, 0.3) is 0 Å². The number of hydrogen-bond donors (Lipinski definition) is 1. The molecule has 0 bridgehead atoms. The molecule has 0 aromatic carbocycles. The lowest BCUT2D eigenvalue weighted by Crippen LogP contribution is -2.14. The van der Waals surface area contributed by atoms with Gasteiger partial charge in [0.15, 0.2) is 0 Å². The average Bonchev–Trinajstić information content (AvgIpc) is 2.77. The fourth-order valence-corrected chi connectivity index (χ4v) is 1.78. The van der Waals surface area contributed by atoms with Crippen LogP contribution in [0.2, 0.25) is 0 Å². The smallest absolute Gasteiger partial charge is 0.0831 e. The van der Waals surface area contributed by atoms with Crippen molar-refractivity contribution in [2.75, 3.05) is 6.54 Å². The average molecular weight is 244 g/mol. The Morgan fingerprint density at radius 1 is 1.28 bits per heavy atom. The summed E-state index contributed by atoms with van der Waals surface area (Å²) >= 11 is 0. The van der Waals surface area contributed by atoms with Gasteiger partial charge in [0.05, 0.1) is 18.4 Å². The summed E-state index contributed by atoms with van der Waals surface area (Å²) in [6, 6.07) is 4.20. The summed E-state index contributed by atoms with van der Waals surface area (Å²) in [5.41, 5.74) is 3.44. The number of pyridine rings is 1. The Morgan fingerprint density at radius 2 is 2.17 bits per heavy atom. The molecule has 96 valence electrons. The summed E-state index contributed by atoms with van der Waals surface area (Å²) in [7, 11) is 0. The molecule has 4 nitrogen and oxygen atoms in total. The van der Waals surface area contributed by atoms with Crippen LogP contribution in [0, 0.1) is 6.92 Å². The Morgan fingerprint density at radius 3 is 2.78 bits per heavy atom. The molecule has 2 aromatic rings. The molecule has 0 saturated carbocycles. The molecule has 4 heteroatoms. The van der Waals surface area contributed by atoms with E-state index in [-0.39, 0.29) is 0 Å². The Kier molecular flexibility index (Phi) is 4.47. The van der Waals surface area contributed by atoms with Crippen LogP contribution in [0.4, 0.5) is 0 Å². The molecule has 18 heavy (non-hydrogen) atoms. The second-order valence-electron chi connectivity index (χ2n) is 4.55. The van der Waals surface area contributed by atoms with E-state index in [4.69, 9.17) is 0 Å². The highest BCUT2D eigenvalue weighted by Gasteiger charge is 1.99. The SMILES string of the molecule is CCCNCc1ccc(Cn2cc(C)cn2)nc1. The molecule has 0 radical (unpaired) electrons. The highest BCUT2D eigenvalue weighted by Crippen LogP contribution is 2.03. The lowest BCUT2D eigenvalue weighted by atomic mass is 10.2. The Hall–Kier alpha value is -1.68. The zero-order valence-corrected chi connectivity index (χ0v) is 11.1. The van der Waals surface area contributed by atoms with Crippen LogP contribution in [-0.4, -0.2) is 21.3 Å². The van der Waals surface area contributed by atoms with Crippen LogP contribution in [0.1, 0.15) is 30.2 Å². The summed E-state index contributed by atoms with van der Waals surface area (Å²) in [6.07, 6.45) is 6.99. The zero-order chi connectivity index (χ0) is 12.8. The Bertz CT molecular complexity index is 473. The number of rotatable bonds is 6. The molecule has 0 amide bonds. The minimum absolute atomic E-state index is 0.733. The van der Waals surface area contributed by atoms with Crippen LogP contribution < -0.4 is 5.32 Å². The third kappa shape index (κ3) is 3.67. The van der Waals surface area contributed by atoms with Crippen LogP contribution in [0.3, 0.4) is 0 Å². The number of hydrogen-bond acceptors (Lipinski definition) is 3. The van der Waals surface area contributed by atoms with E-state index in [1.54, 1.807) is 0 Å². The molecule has 1 N–H and O–H groups in total. The monoisotopic (exact) mass is 244 g/mol. The normalized spacial score (nSPS) is 10.8. The van der Waals surface area contributed by atoms with Crippen LogP contribution in [0.15, 0.2) is 30.7 Å². The molecular weight excluding hydrogens is 224 g/mol. The zero-order valence-electron chi connectivity index (χ0n) is 11.1. The van der Waals surface area contributed by atoms with Gasteiger partial charge in [-0.1, -0.05) is 13.0 Å². The second-order valence-corrected chi connectivity index (χ2v) is 4.55. The fraction of sp³-hybridized carbons (Fsp3) is 0.429. The summed E-state index contributed by atoms with van der Waals surface area (Å²) in [4.78, 5) is 4.46. The summed E-state index contributed by atoms with van der Waals surface area (Å²) in [6.45, 7) is 6.88. The lowest BCUT2D eigenvalue weighted by Gasteiger charge is -2.05. The molecule has 2 rings (SSSR count). The lowest BCUT2D eigenvalue weighted by molar-refractivity contribution is 0.662. The highest BCUT2D eigenvalue weighted by molar-refractivity contribution is 5.14. The summed E-state index contributed by atoms with van der Waals surface area (Å²) < 4.78 is 1.91. The van der Waals surface area contributed by atoms with Crippen molar-refractivity contribution in [1.29, 1.82) is 0 Å². The number of aryl methyl sites for hydroxylation is 1. The summed E-state index contributed by atoms with van der Waals surface area (Å²) in [5, 5.41) is 7.62. The maximum Gasteiger partial charge on any atom is 0.0831 e. The minimum Gasteiger partial charge on any atom is -0.313 e. The Balaban J connectivity index is 1.91. The second kappa shape index (κ2) is 6.31. The van der Waals surface area contributed by atoms with Crippen molar-refractivity contribution in [2.45, 2.75) is 33.4 Å². The van der Waals surface area contributed by atoms with Gasteiger partial charge in [-0.05, 0) is 37.1 Å². The maximum absolute atomic E-state index is 4.46. The minimum atomic E-state index is 0.733. The van der Waals surface area contributed by atoms with Crippen LogP contribution in [0.5, 0.6) is 0 Å². The third-order valence-corrected chi connectivity index (χ3v) is 2.73. The van der Waals surface area contributed by atoms with Crippen molar-refractivity contribution in [3.05, 3.63) is 47.5 Å². The first-order chi connectivity index (χ1) is 8.78. The maximum atomic E-state index is 4.46. The van der Waals surface area contributed by atoms with E-state index >= 15 is 0 Å². The predicted octanol–water partition coefficient (Wildman–Crippen LogP) is 2.13. The predicted molar refractivity (Wildman–Crippen MR) is 72.3 cm³/mol. The van der Waals surface area contributed by atoms with Crippen LogP contribution in [0.25, 0.3) is 0 Å². The largest absolute Gasteiger partial charge is 0.313 e. The van der Waals surface area contributed by atoms with Crippen LogP contribution >= 0.6 is 0 Å². The molecule has 0 aliphatic heterocycles. The van der Waals surface area contributed by atoms with Gasteiger partial charge in [-0.25, -0.2) is 0 Å². The topological polar surface area (TPSA) is 42.7 Å². The molecule has 0 aliphatic rings. The van der Waals surface area contributed by atoms with E-state index < -0.39 is 0 Å². The first-order valence-electron chi connectivity index (χ1n) is 6.41. The van der Waals surface area contributed by atoms with Crippen LogP contribution in [-0.2, 0) is 13.1 Å². The van der Waals surface area contributed by atoms with Gasteiger partial charge in [0.2, 0.25) is 0 Å². The number of nitrogens with one attached hydrogen (secondary N) is 1. The van der Waals surface area contributed by atoms with Gasteiger partial charge in [0.1, 0.15) is 0 Å². The molecular formula is C14H20N4. The molecule has 0 atom stereocenters. The molecule has 2 aromatic heterocycles. The van der Waals surface area contributed by atoms with Gasteiger partial charge in [-0.3, -0.25) is 9.67 Å². The standard InChI is InChI=1S/C14H20N4/c1-3-6-15-8-13-4-5-14(16-9-13)11-18-10-12(2)7-17-18/h4-5,7,9-10,15H,3,6,8,11H2,1-2H3. The first kappa shape index (κ1) is 12.8. The van der Waals surface area contributed by atoms with Crippen molar-refractivity contribution in [2.24, 2.45) is 0 Å². The molecule has 0 fully saturated rings. The van der Waals surface area contributed by atoms with E-state index in [2.05, 4.69) is 34.5 Å². The van der Waals surface area contributed by atoms with Gasteiger partial charge in [-0.2, -0.15) is 5.10 Å². The van der Waals surface area contributed by atoms with Gasteiger partial charge in [-0.15, -0.1) is 0 Å². The molecule has 0 aliphatic carbocycles. The molecule has 0 unspecified atom stereocenters. The highest BCUT2D eigenvalue weighted by atomic mass is 15.3. The molecule has 0 saturated heterocycles. The van der Waals surface area contributed by atoms with E-state index in [0.717, 1.165) is 31.7 Å². The van der Waals surface area contributed by atoms with E-state index in [1.807, 2.05) is 30.2 Å². The van der Waals surface area contributed by atoms with Crippen molar-refractivity contribution in [3.8, 4) is 0 Å². The fourth-order valence-electron chi connectivity index (χ4n) is 1.78. The van der Waals surface area contributed by atoms with Crippen molar-refractivity contribution in [3.63, 3.8) is 0 Å². The quantitative estimate of drug-likeness (QED) is 0.792. The summed E-state index contributed by atoms with van der Waals surface area (Å²) in [5.74, 6) is 0. The number of nitrogens with zero attached hydrogens (tertiary/aromatic N) is 3. The van der Waals surface area contributed by atoms with E-state index in [1.165, 1.54) is 11.1 Å². The van der Waals surface area contributed by atoms with Gasteiger partial charge in [0, 0.05) is 18.9 Å². The Labute approximate surface area is 108 Å². The van der Waals surface area contributed by atoms with Gasteiger partial charge < -0.3 is 5.32 Å². The van der Waals surface area contributed by atoms with E-state index in [9.17, 15) is 0 Å². The van der Waals surface area contributed by atoms with Crippen molar-refractivity contribution in [1.82, 2.24) is 20.1 Å². The molecule has 2 heterocycles.